The zero-order valence-electron chi connectivity index (χ0n) is 14.9. The van der Waals surface area contributed by atoms with Gasteiger partial charge in [0.1, 0.15) is 0 Å². The fourth-order valence-corrected chi connectivity index (χ4v) is 25.9. The van der Waals surface area contributed by atoms with Crippen molar-refractivity contribution >= 4 is 24.7 Å². The van der Waals surface area contributed by atoms with E-state index in [0.717, 1.165) is 13.2 Å². The van der Waals surface area contributed by atoms with Crippen molar-refractivity contribution in [1.82, 2.24) is 6.15 Å². The van der Waals surface area contributed by atoms with E-state index in [1.807, 2.05) is 0 Å². The highest BCUT2D eigenvalue weighted by molar-refractivity contribution is 7.12. The second-order valence-electron chi connectivity index (χ2n) is 7.44. The molecule has 0 spiro atoms. The number of hydrogen-bond acceptors (Lipinski definition) is 3. The Labute approximate surface area is 124 Å². The summed E-state index contributed by atoms with van der Waals surface area (Å²) in [7, 11) is -4.92. The molecule has 6 heteroatoms. The summed E-state index contributed by atoms with van der Waals surface area (Å²) in [6.45, 7) is 25.4. The van der Waals surface area contributed by atoms with Crippen LogP contribution in [0.4, 0.5) is 0 Å². The van der Waals surface area contributed by atoms with Crippen LogP contribution in [0.25, 0.3) is 0 Å². The average molecular weight is 324 g/mol. The van der Waals surface area contributed by atoms with Crippen molar-refractivity contribution in [3.05, 3.63) is 0 Å². The van der Waals surface area contributed by atoms with Crippen molar-refractivity contribution in [2.45, 2.75) is 70.9 Å². The van der Waals surface area contributed by atoms with E-state index in [1.54, 1.807) is 0 Å². The smallest absolute Gasteiger partial charge is 0.335 e. The zero-order valence-corrected chi connectivity index (χ0v) is 17.9. The van der Waals surface area contributed by atoms with Gasteiger partial charge in [-0.15, -0.1) is 0 Å². The first-order valence-electron chi connectivity index (χ1n) is 7.15. The molecule has 0 aliphatic carbocycles. The van der Waals surface area contributed by atoms with Gasteiger partial charge in [0.2, 0.25) is 0 Å². The van der Waals surface area contributed by atoms with Gasteiger partial charge in [-0.1, -0.05) is 46.2 Å². The maximum Gasteiger partial charge on any atom is 0.335 e. The lowest BCUT2D eigenvalue weighted by atomic mass is 10.9. The lowest BCUT2D eigenvalue weighted by Crippen LogP contribution is -2.68. The fraction of sp³-hybridized carbons (Fsp3) is 1.00. The van der Waals surface area contributed by atoms with Gasteiger partial charge >= 0.3 is 8.56 Å². The molecule has 0 aromatic rings. The van der Waals surface area contributed by atoms with Crippen LogP contribution in [0, 0.1) is 0 Å². The van der Waals surface area contributed by atoms with Crippen LogP contribution >= 0.6 is 0 Å². The summed E-state index contributed by atoms with van der Waals surface area (Å²) in [5.41, 5.74) is 0. The fourth-order valence-electron chi connectivity index (χ4n) is 3.37. The summed E-state index contributed by atoms with van der Waals surface area (Å²) in [6, 6.07) is 0. The number of rotatable bonds is 7. The van der Waals surface area contributed by atoms with Gasteiger partial charge in [0.15, 0.2) is 0 Å². The molecule has 0 aromatic carbocycles. The largest absolute Gasteiger partial charge is 0.395 e. The molecular weight excluding hydrogens is 286 g/mol. The zero-order chi connectivity index (χ0) is 14.8. The highest BCUT2D eigenvalue weighted by atomic mass is 28.5. The molecule has 3 N–H and O–H groups in total. The van der Waals surface area contributed by atoms with Gasteiger partial charge in [-0.3, -0.25) is 0 Å². The SMILES string of the molecule is CCO[Si](C)(OCC)C(C)([Si](C)(C)C)[Si](C)(C)C.N. The van der Waals surface area contributed by atoms with E-state index >= 15 is 0 Å². The molecule has 0 unspecified atom stereocenters. The van der Waals surface area contributed by atoms with E-state index in [0.29, 0.717) is 4.28 Å². The summed E-state index contributed by atoms with van der Waals surface area (Å²) < 4.78 is 12.9. The van der Waals surface area contributed by atoms with Gasteiger partial charge in [0, 0.05) is 17.5 Å². The van der Waals surface area contributed by atoms with Crippen LogP contribution in [-0.4, -0.2) is 37.9 Å². The molecule has 0 amide bonds. The maximum absolute atomic E-state index is 6.27. The minimum atomic E-state index is -2.15. The van der Waals surface area contributed by atoms with E-state index in [2.05, 4.69) is 66.6 Å². The topological polar surface area (TPSA) is 53.5 Å². The Morgan fingerprint density at radius 2 is 1.00 bits per heavy atom. The first kappa shape index (κ1) is 21.8. The Hall–Kier alpha value is 0.531. The van der Waals surface area contributed by atoms with Gasteiger partial charge in [-0.05, 0) is 20.4 Å². The van der Waals surface area contributed by atoms with Crippen molar-refractivity contribution in [3.63, 3.8) is 0 Å². The molecule has 0 aliphatic heterocycles. The lowest BCUT2D eigenvalue weighted by Gasteiger charge is -2.56. The molecule has 118 valence electrons. The highest BCUT2D eigenvalue weighted by Crippen LogP contribution is 2.53. The van der Waals surface area contributed by atoms with Crippen LogP contribution in [0.2, 0.25) is 50.1 Å². The van der Waals surface area contributed by atoms with E-state index in [4.69, 9.17) is 8.85 Å². The minimum absolute atomic E-state index is 0. The monoisotopic (exact) mass is 323 g/mol. The Morgan fingerprint density at radius 1 is 0.737 bits per heavy atom. The summed E-state index contributed by atoms with van der Waals surface area (Å²) >= 11 is 0. The van der Waals surface area contributed by atoms with Crippen molar-refractivity contribution in [1.29, 1.82) is 0 Å². The minimum Gasteiger partial charge on any atom is -0.395 e. The Morgan fingerprint density at radius 3 is 1.16 bits per heavy atom. The Bertz CT molecular complexity index is 252. The molecule has 0 atom stereocenters. The predicted molar refractivity (Wildman–Crippen MR) is 95.0 cm³/mol. The van der Waals surface area contributed by atoms with E-state index in [1.165, 1.54) is 0 Å². The van der Waals surface area contributed by atoms with Crippen molar-refractivity contribution in [2.24, 2.45) is 0 Å². The standard InChI is InChI=1S/C13H34O2Si3.H3N/c1-11-14-18(10,15-12-2)13(3,16(4,5)6)17(7,8)9;/h11-12H2,1-10H3;1H3. The average Bonchev–Trinajstić information content (AvgIpc) is 2.13. The second-order valence-corrected chi connectivity index (χ2v) is 23.4. The third kappa shape index (κ3) is 4.01. The van der Waals surface area contributed by atoms with Crippen LogP contribution in [0.1, 0.15) is 20.8 Å². The normalized spacial score (nSPS) is 14.2. The van der Waals surface area contributed by atoms with Crippen LogP contribution in [0.15, 0.2) is 0 Å². The highest BCUT2D eigenvalue weighted by Gasteiger charge is 2.63. The summed E-state index contributed by atoms with van der Waals surface area (Å²) in [5, 5.41) is 0. The van der Waals surface area contributed by atoms with E-state index in [-0.39, 0.29) is 6.15 Å². The van der Waals surface area contributed by atoms with Crippen LogP contribution in [-0.2, 0) is 8.85 Å². The van der Waals surface area contributed by atoms with Gasteiger partial charge in [0.05, 0.1) is 16.1 Å². The first-order chi connectivity index (χ1) is 7.87. The maximum atomic E-state index is 6.27. The molecule has 0 bridgehead atoms. The molecule has 0 saturated carbocycles. The number of hydrogen-bond donors (Lipinski definition) is 1. The van der Waals surface area contributed by atoms with Gasteiger partial charge in [0.25, 0.3) is 0 Å². The Balaban J connectivity index is 0. The summed E-state index contributed by atoms with van der Waals surface area (Å²) in [6.07, 6.45) is 0. The van der Waals surface area contributed by atoms with Gasteiger partial charge < -0.3 is 15.0 Å². The molecule has 3 nitrogen and oxygen atoms in total. The van der Waals surface area contributed by atoms with Gasteiger partial charge in [-0.2, -0.15) is 0 Å². The molecule has 0 fully saturated rings. The van der Waals surface area contributed by atoms with Crippen molar-refractivity contribution < 1.29 is 8.85 Å². The van der Waals surface area contributed by atoms with Crippen LogP contribution in [0.5, 0.6) is 0 Å². The quantitative estimate of drug-likeness (QED) is 0.684. The Kier molecular flexibility index (Phi) is 8.04. The van der Waals surface area contributed by atoms with Gasteiger partial charge in [-0.25, -0.2) is 0 Å². The third-order valence-electron chi connectivity index (χ3n) is 4.75. The predicted octanol–water partition coefficient (Wildman–Crippen LogP) is 4.81. The van der Waals surface area contributed by atoms with Crippen LogP contribution in [0.3, 0.4) is 0 Å². The third-order valence-corrected chi connectivity index (χ3v) is 26.0. The summed E-state index contributed by atoms with van der Waals surface area (Å²) in [5.74, 6) is 0. The lowest BCUT2D eigenvalue weighted by molar-refractivity contribution is 0.181. The molecule has 0 aromatic heterocycles. The van der Waals surface area contributed by atoms with E-state index in [9.17, 15) is 0 Å². The van der Waals surface area contributed by atoms with Crippen LogP contribution < -0.4 is 6.15 Å². The molecule has 0 radical (unpaired) electrons. The molecule has 0 rings (SSSR count). The first-order valence-corrected chi connectivity index (χ1v) is 16.5. The second kappa shape index (κ2) is 7.00. The molecular formula is C13H37NO2Si3. The van der Waals surface area contributed by atoms with Crippen molar-refractivity contribution in [3.8, 4) is 0 Å². The molecule has 0 saturated heterocycles. The summed E-state index contributed by atoms with van der Waals surface area (Å²) in [4.78, 5) is 0. The molecule has 0 aliphatic rings. The molecule has 19 heavy (non-hydrogen) atoms. The van der Waals surface area contributed by atoms with E-state index < -0.39 is 24.7 Å². The van der Waals surface area contributed by atoms with Crippen molar-refractivity contribution in [2.75, 3.05) is 13.2 Å². The molecule has 0 heterocycles.